The fourth-order valence-corrected chi connectivity index (χ4v) is 7.69. The van der Waals surface area contributed by atoms with Crippen LogP contribution >= 0.6 is 11.8 Å². The molecule has 48 heavy (non-hydrogen) atoms. The average molecular weight is 734 g/mol. The van der Waals surface area contributed by atoms with Crippen LogP contribution in [0.2, 0.25) is 0 Å². The second-order valence-corrected chi connectivity index (χ2v) is 14.2. The summed E-state index contributed by atoms with van der Waals surface area (Å²) in [7, 11) is 8.64. The number of quaternary nitrogens is 1. The summed E-state index contributed by atoms with van der Waals surface area (Å²) in [6, 6.07) is 39.3. The quantitative estimate of drug-likeness (QED) is 0.0890. The number of aromatic nitrogens is 1. The molecule has 0 aliphatic carbocycles. The molecule has 7 heteroatoms. The Bertz CT molecular complexity index is 1840. The van der Waals surface area contributed by atoms with Crippen LogP contribution in [0.3, 0.4) is 0 Å². The third-order valence-corrected chi connectivity index (χ3v) is 10.3. The van der Waals surface area contributed by atoms with E-state index in [-0.39, 0.29) is 32.7 Å². The fourth-order valence-electron chi connectivity index (χ4n) is 6.59. The van der Waals surface area contributed by atoms with Gasteiger partial charge in [-0.15, -0.1) is 0 Å². The molecular formula is C41H48N4OSY+2. The van der Waals surface area contributed by atoms with Crippen molar-refractivity contribution in [3.05, 3.63) is 125 Å². The van der Waals surface area contributed by atoms with E-state index in [1.165, 1.54) is 37.9 Å². The molecule has 5 nitrogen and oxygen atoms in total. The van der Waals surface area contributed by atoms with Crippen LogP contribution in [-0.2, 0) is 39.3 Å². The molecule has 1 radical (unpaired) electrons. The van der Waals surface area contributed by atoms with Crippen LogP contribution < -0.4 is 19.1 Å². The second-order valence-electron chi connectivity index (χ2n) is 13.1. The van der Waals surface area contributed by atoms with Gasteiger partial charge in [0, 0.05) is 74.2 Å². The molecular weight excluding hydrogens is 685 g/mol. The monoisotopic (exact) mass is 733 g/mol. The van der Waals surface area contributed by atoms with Crippen molar-refractivity contribution in [2.24, 2.45) is 0 Å². The van der Waals surface area contributed by atoms with Gasteiger partial charge in [-0.25, -0.2) is 0 Å². The third-order valence-electron chi connectivity index (χ3n) is 9.09. The minimum absolute atomic E-state index is 0. The number of unbranched alkanes of at least 4 members (excludes halogenated alkanes) is 1. The normalized spacial score (nSPS) is 13.4. The van der Waals surface area contributed by atoms with Gasteiger partial charge in [-0.3, -0.25) is 4.90 Å². The summed E-state index contributed by atoms with van der Waals surface area (Å²) in [4.78, 5) is 6.23. The minimum atomic E-state index is 0. The minimum Gasteiger partial charge on any atom is -0.497 e. The van der Waals surface area contributed by atoms with Gasteiger partial charge in [0.1, 0.15) is 23.5 Å². The van der Waals surface area contributed by atoms with Crippen LogP contribution in [0.1, 0.15) is 37.3 Å². The zero-order valence-electron chi connectivity index (χ0n) is 29.1. The van der Waals surface area contributed by atoms with Crippen molar-refractivity contribution in [3.8, 4) is 11.4 Å². The molecule has 1 aliphatic rings. The number of para-hydroxylation sites is 2. The van der Waals surface area contributed by atoms with Crippen molar-refractivity contribution in [1.82, 2.24) is 0 Å². The Balaban J connectivity index is 0.00000451. The number of nitrogens with zero attached hydrogens (tertiary/aromatic N) is 4. The van der Waals surface area contributed by atoms with Gasteiger partial charge in [0.25, 0.3) is 5.82 Å². The van der Waals surface area contributed by atoms with Gasteiger partial charge >= 0.3 is 0 Å². The third kappa shape index (κ3) is 8.34. The van der Waals surface area contributed by atoms with Crippen molar-refractivity contribution in [2.45, 2.75) is 37.6 Å². The maximum Gasteiger partial charge on any atom is 0.282 e. The number of pyridine rings is 1. The Morgan fingerprint density at radius 1 is 0.854 bits per heavy atom. The van der Waals surface area contributed by atoms with E-state index < -0.39 is 0 Å². The summed E-state index contributed by atoms with van der Waals surface area (Å²) in [6.45, 7) is 6.40. The Hall–Kier alpha value is -3.16. The van der Waals surface area contributed by atoms with Crippen LogP contribution in [-0.4, -0.2) is 52.4 Å². The van der Waals surface area contributed by atoms with Gasteiger partial charge in [-0.05, 0) is 54.5 Å². The molecule has 0 unspecified atom stereocenters. The van der Waals surface area contributed by atoms with Crippen molar-refractivity contribution in [3.63, 3.8) is 0 Å². The maximum absolute atomic E-state index is 5.81. The van der Waals surface area contributed by atoms with E-state index in [1.54, 1.807) is 7.11 Å². The average Bonchev–Trinajstić information content (AvgIpc) is 3.40. The van der Waals surface area contributed by atoms with Gasteiger partial charge in [-0.1, -0.05) is 85.8 Å². The predicted molar refractivity (Wildman–Crippen MR) is 200 cm³/mol. The summed E-state index contributed by atoms with van der Waals surface area (Å²) in [5.41, 5.74) is 6.16. The topological polar surface area (TPSA) is 19.6 Å². The molecule has 0 N–H and O–H groups in total. The van der Waals surface area contributed by atoms with Gasteiger partial charge in [0.2, 0.25) is 0 Å². The molecule has 0 fully saturated rings. The van der Waals surface area contributed by atoms with Crippen molar-refractivity contribution >= 4 is 40.2 Å². The van der Waals surface area contributed by atoms with Crippen molar-refractivity contribution in [2.75, 3.05) is 57.7 Å². The number of anilines is 2. The smallest absolute Gasteiger partial charge is 0.282 e. The van der Waals surface area contributed by atoms with Crippen molar-refractivity contribution < 1.29 is 46.5 Å². The molecule has 4 aromatic carbocycles. The molecule has 0 spiro atoms. The zero-order chi connectivity index (χ0) is 32.8. The fraction of sp³-hybridized carbons (Fsp3) is 0.293. The number of thioether (sulfide) groups is 1. The number of hydrogen-bond donors (Lipinski definition) is 0. The molecule has 2 heterocycles. The number of rotatable bonds is 13. The van der Waals surface area contributed by atoms with Crippen molar-refractivity contribution in [1.29, 1.82) is 0 Å². The molecule has 0 saturated heterocycles. The molecule has 245 valence electrons. The largest absolute Gasteiger partial charge is 0.497 e. The van der Waals surface area contributed by atoms with Crippen LogP contribution in [0.4, 0.5) is 11.5 Å². The summed E-state index contributed by atoms with van der Waals surface area (Å²) < 4.78 is 9.21. The molecule has 5 aromatic rings. The Kier molecular flexibility index (Phi) is 12.4. The van der Waals surface area contributed by atoms with E-state index in [1.807, 2.05) is 11.8 Å². The first-order chi connectivity index (χ1) is 22.9. The van der Waals surface area contributed by atoms with E-state index >= 15 is 0 Å². The number of methoxy groups -OCH3 is 1. The number of benzene rings is 4. The summed E-state index contributed by atoms with van der Waals surface area (Å²) >= 11 is 1.84. The van der Waals surface area contributed by atoms with Gasteiger partial charge in [0.05, 0.1) is 51.6 Å². The van der Waals surface area contributed by atoms with E-state index in [0.717, 1.165) is 66.9 Å². The summed E-state index contributed by atoms with van der Waals surface area (Å²) in [5, 5.41) is 2.43. The molecule has 0 atom stereocenters. The molecule has 1 aromatic heterocycles. The number of ether oxygens (including phenoxy) is 1. The zero-order valence-corrected chi connectivity index (χ0v) is 32.8. The van der Waals surface area contributed by atoms with Crippen LogP contribution in [0.15, 0.2) is 119 Å². The van der Waals surface area contributed by atoms with Gasteiger partial charge in [-0.2, -0.15) is 4.57 Å². The Morgan fingerprint density at radius 3 is 2.25 bits per heavy atom. The van der Waals surface area contributed by atoms with E-state index in [9.17, 15) is 0 Å². The van der Waals surface area contributed by atoms with E-state index in [4.69, 9.17) is 4.74 Å². The Labute approximate surface area is 316 Å². The van der Waals surface area contributed by atoms with Crippen LogP contribution in [0.25, 0.3) is 22.7 Å². The molecule has 0 bridgehead atoms. The molecule has 1 aliphatic heterocycles. The van der Waals surface area contributed by atoms with E-state index in [0.29, 0.717) is 0 Å². The summed E-state index contributed by atoms with van der Waals surface area (Å²) in [6.07, 6.45) is 5.75. The molecule has 6 rings (SSSR count). The second kappa shape index (κ2) is 16.5. The van der Waals surface area contributed by atoms with Crippen LogP contribution in [0.5, 0.6) is 5.75 Å². The van der Waals surface area contributed by atoms with E-state index in [2.05, 4.69) is 158 Å². The number of hydrogen-bond acceptors (Lipinski definition) is 4. The SMILES string of the molecule is CCCCN(CCC[N+](C)(C)Cc1ccccc1)c1cc(C=C2Sc3ccccc3N2C)c2ccc(OC)cc2[n+]1-c1ccccc1.[Y]. The first-order valence-corrected chi connectivity index (χ1v) is 17.6. The van der Waals surface area contributed by atoms with Gasteiger partial charge < -0.3 is 14.1 Å². The predicted octanol–water partition coefficient (Wildman–Crippen LogP) is 8.94. The molecule has 0 amide bonds. The summed E-state index contributed by atoms with van der Waals surface area (Å²) in [5.74, 6) is 2.08. The number of fused-ring (bicyclic) bond motifs is 2. The standard InChI is InChI=1S/C41H48N4OS.Y/c1-6-7-25-43(26-16-27-45(3,4)31-32-17-10-8-11-18-32)40-28-33(29-41-42(2)37-21-14-15-22-39(37)47-41)36-24-23-35(46-5)30-38(36)44(40)34-19-12-9-13-20-34;/h8-15,17-24,28-30H,6-7,16,25-27,31H2,1-5H3;/q+2;. The maximum atomic E-state index is 5.81. The first-order valence-electron chi connectivity index (χ1n) is 16.8. The Morgan fingerprint density at radius 2 is 1.54 bits per heavy atom. The molecule has 0 saturated carbocycles. The first kappa shape index (κ1) is 36.1. The van der Waals surface area contributed by atoms with Gasteiger partial charge in [0.15, 0.2) is 0 Å². The van der Waals surface area contributed by atoms with Crippen LogP contribution in [0, 0.1) is 0 Å².